The van der Waals surface area contributed by atoms with Crippen molar-refractivity contribution in [3.8, 4) is 5.69 Å². The fourth-order valence-electron chi connectivity index (χ4n) is 5.07. The van der Waals surface area contributed by atoms with Crippen LogP contribution in [0.3, 0.4) is 0 Å². The Balaban J connectivity index is 1.61. The molecule has 7 heteroatoms. The number of esters is 1. The van der Waals surface area contributed by atoms with Gasteiger partial charge in [0.2, 0.25) is 0 Å². The molecule has 0 amide bonds. The van der Waals surface area contributed by atoms with E-state index in [-0.39, 0.29) is 18.1 Å². The van der Waals surface area contributed by atoms with Gasteiger partial charge < -0.3 is 19.5 Å². The van der Waals surface area contributed by atoms with E-state index in [1.807, 2.05) is 60.8 Å². The van der Waals surface area contributed by atoms with Crippen molar-refractivity contribution in [3.05, 3.63) is 119 Å². The first-order valence-corrected chi connectivity index (χ1v) is 12.3. The zero-order chi connectivity index (χ0) is 25.2. The number of methoxy groups -OCH3 is 1. The number of aryl methyl sites for hydroxylation is 1. The van der Waals surface area contributed by atoms with Crippen molar-refractivity contribution in [3.63, 3.8) is 0 Å². The number of benzene rings is 2. The van der Waals surface area contributed by atoms with Gasteiger partial charge in [0.05, 0.1) is 30.5 Å². The Morgan fingerprint density at radius 3 is 2.53 bits per heavy atom. The monoisotopic (exact) mass is 496 g/mol. The second-order valence-corrected chi connectivity index (χ2v) is 9.33. The fourth-order valence-corrected chi connectivity index (χ4v) is 5.37. The zero-order valence-corrected chi connectivity index (χ0v) is 21.3. The number of thiocarbonyl (C=S) groups is 1. The van der Waals surface area contributed by atoms with E-state index in [0.29, 0.717) is 17.2 Å². The summed E-state index contributed by atoms with van der Waals surface area (Å²) in [6.07, 6.45) is 1.82. The highest BCUT2D eigenvalue weighted by molar-refractivity contribution is 7.80. The van der Waals surface area contributed by atoms with Crippen LogP contribution >= 0.6 is 12.2 Å². The molecule has 0 aliphatic carbocycles. The molecule has 3 heterocycles. The van der Waals surface area contributed by atoms with Gasteiger partial charge in [0.1, 0.15) is 0 Å². The van der Waals surface area contributed by atoms with E-state index >= 15 is 0 Å². The molecule has 0 radical (unpaired) electrons. The lowest BCUT2D eigenvalue weighted by Gasteiger charge is -2.28. The maximum atomic E-state index is 12.2. The van der Waals surface area contributed by atoms with E-state index in [9.17, 15) is 4.79 Å². The number of hydrogen-bond acceptors (Lipinski definition) is 4. The van der Waals surface area contributed by atoms with E-state index in [2.05, 4.69) is 51.8 Å². The molecule has 5 rings (SSSR count). The van der Waals surface area contributed by atoms with E-state index < -0.39 is 0 Å². The molecule has 1 aliphatic rings. The molecular weight excluding hydrogens is 468 g/mol. The molecule has 4 aromatic rings. The van der Waals surface area contributed by atoms with Gasteiger partial charge in [-0.25, -0.2) is 4.79 Å². The van der Waals surface area contributed by atoms with Crippen LogP contribution in [0.2, 0.25) is 0 Å². The maximum Gasteiger partial charge on any atom is 0.337 e. The minimum atomic E-state index is -0.353. The zero-order valence-electron chi connectivity index (χ0n) is 20.5. The van der Waals surface area contributed by atoms with E-state index in [0.717, 1.165) is 28.3 Å². The Bertz CT molecular complexity index is 1400. The van der Waals surface area contributed by atoms with Crippen LogP contribution < -0.4 is 5.32 Å². The van der Waals surface area contributed by atoms with E-state index in [4.69, 9.17) is 17.0 Å². The molecule has 1 aliphatic heterocycles. The summed E-state index contributed by atoms with van der Waals surface area (Å²) in [5, 5.41) is 4.25. The predicted octanol–water partition coefficient (Wildman–Crippen LogP) is 5.45. The number of nitrogens with one attached hydrogen (secondary N) is 1. The summed E-state index contributed by atoms with van der Waals surface area (Å²) in [6, 6.07) is 25.9. The molecule has 1 saturated heterocycles. The number of rotatable bonds is 6. The molecule has 2 atom stereocenters. The average molecular weight is 497 g/mol. The standard InChI is InChI=1S/C29H28N4O2S/c1-19-16-24(20(2)33(19)23-13-9-12-22(17-23)28(34)35-3)27-26(25-14-7-8-15-30-25)31-29(36)32(27)18-21-10-5-4-6-11-21/h4-17,26-27H,18H2,1-3H3,(H,31,36)/t26-,27+/m1/s1. The predicted molar refractivity (Wildman–Crippen MR) is 144 cm³/mol. The first-order valence-electron chi connectivity index (χ1n) is 11.9. The highest BCUT2D eigenvalue weighted by Crippen LogP contribution is 2.42. The van der Waals surface area contributed by atoms with Crippen molar-refractivity contribution in [2.45, 2.75) is 32.5 Å². The van der Waals surface area contributed by atoms with Gasteiger partial charge in [0.15, 0.2) is 5.11 Å². The Morgan fingerprint density at radius 1 is 1.03 bits per heavy atom. The summed E-state index contributed by atoms with van der Waals surface area (Å²) in [6.45, 7) is 4.88. The Kier molecular flexibility index (Phi) is 6.57. The molecule has 0 bridgehead atoms. The highest BCUT2D eigenvalue weighted by Gasteiger charge is 2.41. The second-order valence-electron chi connectivity index (χ2n) is 8.94. The van der Waals surface area contributed by atoms with Crippen molar-refractivity contribution in [2.24, 2.45) is 0 Å². The molecule has 0 unspecified atom stereocenters. The summed E-state index contributed by atoms with van der Waals surface area (Å²) >= 11 is 5.86. The second kappa shape index (κ2) is 9.95. The fraction of sp³-hybridized carbons (Fsp3) is 0.207. The number of hydrogen-bond donors (Lipinski definition) is 1. The quantitative estimate of drug-likeness (QED) is 0.283. The lowest BCUT2D eigenvalue weighted by atomic mass is 9.96. The van der Waals surface area contributed by atoms with Crippen LogP contribution in [0.5, 0.6) is 0 Å². The summed E-state index contributed by atoms with van der Waals surface area (Å²) in [7, 11) is 1.40. The lowest BCUT2D eigenvalue weighted by Crippen LogP contribution is -2.29. The Labute approximate surface area is 216 Å². The van der Waals surface area contributed by atoms with Gasteiger partial charge >= 0.3 is 5.97 Å². The van der Waals surface area contributed by atoms with Crippen LogP contribution in [0, 0.1) is 13.8 Å². The van der Waals surface area contributed by atoms with E-state index in [1.54, 1.807) is 6.07 Å². The molecular formula is C29H28N4O2S. The smallest absolute Gasteiger partial charge is 0.337 e. The molecule has 2 aromatic carbocycles. The third-order valence-corrected chi connectivity index (χ3v) is 7.06. The van der Waals surface area contributed by atoms with Crippen molar-refractivity contribution in [1.82, 2.24) is 19.8 Å². The Morgan fingerprint density at radius 2 is 1.81 bits per heavy atom. The minimum Gasteiger partial charge on any atom is -0.465 e. The SMILES string of the molecule is COC(=O)c1cccc(-n2c(C)cc([C@H]3[C@@H](c4ccccn4)NC(=S)N3Cc3ccccc3)c2C)c1. The lowest BCUT2D eigenvalue weighted by molar-refractivity contribution is 0.0600. The maximum absolute atomic E-state index is 12.2. The minimum absolute atomic E-state index is 0.0589. The number of pyridine rings is 1. The summed E-state index contributed by atoms with van der Waals surface area (Å²) in [5.74, 6) is -0.353. The number of aromatic nitrogens is 2. The molecule has 0 spiro atoms. The highest BCUT2D eigenvalue weighted by atomic mass is 32.1. The Hall–Kier alpha value is -3.97. The van der Waals surface area contributed by atoms with Gasteiger partial charge in [0, 0.05) is 29.8 Å². The van der Waals surface area contributed by atoms with Crippen LogP contribution in [0.4, 0.5) is 0 Å². The van der Waals surface area contributed by atoms with Crippen LogP contribution in [0.1, 0.15) is 50.7 Å². The summed E-state index contributed by atoms with van der Waals surface area (Å²) in [5.41, 5.74) is 6.88. The normalized spacial score (nSPS) is 17.2. The molecule has 1 N–H and O–H groups in total. The van der Waals surface area contributed by atoms with Gasteiger partial charge in [-0.15, -0.1) is 0 Å². The first-order chi connectivity index (χ1) is 17.5. The molecule has 0 saturated carbocycles. The summed E-state index contributed by atoms with van der Waals surface area (Å²) < 4.78 is 7.12. The number of carbonyl (C=O) groups excluding carboxylic acids is 1. The van der Waals surface area contributed by atoms with Crippen molar-refractivity contribution in [1.29, 1.82) is 0 Å². The van der Waals surface area contributed by atoms with E-state index in [1.165, 1.54) is 12.7 Å². The molecule has 36 heavy (non-hydrogen) atoms. The third kappa shape index (κ3) is 4.38. The largest absolute Gasteiger partial charge is 0.465 e. The van der Waals surface area contributed by atoms with Crippen LogP contribution in [-0.4, -0.2) is 32.6 Å². The van der Waals surface area contributed by atoms with Crippen LogP contribution in [-0.2, 0) is 11.3 Å². The number of carbonyl (C=O) groups is 1. The van der Waals surface area contributed by atoms with Crippen molar-refractivity contribution >= 4 is 23.3 Å². The first kappa shape index (κ1) is 23.8. The van der Waals surface area contributed by atoms with Gasteiger partial charge in [-0.05, 0) is 73.6 Å². The number of ether oxygens (including phenoxy) is 1. The van der Waals surface area contributed by atoms with Crippen molar-refractivity contribution < 1.29 is 9.53 Å². The molecule has 6 nitrogen and oxygen atoms in total. The summed E-state index contributed by atoms with van der Waals surface area (Å²) in [4.78, 5) is 19.1. The van der Waals surface area contributed by atoms with Gasteiger partial charge in [-0.2, -0.15) is 0 Å². The molecule has 2 aromatic heterocycles. The van der Waals surface area contributed by atoms with Crippen molar-refractivity contribution in [2.75, 3.05) is 7.11 Å². The molecule has 1 fully saturated rings. The molecule has 182 valence electrons. The van der Waals surface area contributed by atoms with Gasteiger partial charge in [-0.1, -0.05) is 42.5 Å². The topological polar surface area (TPSA) is 59.4 Å². The third-order valence-electron chi connectivity index (χ3n) is 6.71. The van der Waals surface area contributed by atoms with Gasteiger partial charge in [0.25, 0.3) is 0 Å². The van der Waals surface area contributed by atoms with Crippen LogP contribution in [0.25, 0.3) is 5.69 Å². The van der Waals surface area contributed by atoms with Crippen LogP contribution in [0.15, 0.2) is 85.1 Å². The van der Waals surface area contributed by atoms with Gasteiger partial charge in [-0.3, -0.25) is 4.98 Å². The number of nitrogens with zero attached hydrogens (tertiary/aromatic N) is 3. The average Bonchev–Trinajstić information content (AvgIpc) is 3.39.